The maximum Gasteiger partial charge on any atom is 0.0603 e. The lowest BCUT2D eigenvalue weighted by Gasteiger charge is -2.00. The van der Waals surface area contributed by atoms with Gasteiger partial charge >= 0.3 is 0 Å². The molecule has 0 unspecified atom stereocenters. The van der Waals surface area contributed by atoms with Gasteiger partial charge in [-0.25, -0.2) is 0 Å². The Hall–Kier alpha value is -0.510. The number of halogens is 1. The van der Waals surface area contributed by atoms with Crippen molar-refractivity contribution in [3.8, 4) is 0 Å². The quantitative estimate of drug-likeness (QED) is 0.618. The van der Waals surface area contributed by atoms with Crippen LogP contribution in [0.4, 0.5) is 0 Å². The van der Waals surface area contributed by atoms with E-state index in [1.807, 2.05) is 10.4 Å². The van der Waals surface area contributed by atoms with Gasteiger partial charge in [-0.15, -0.1) is 0 Å². The summed E-state index contributed by atoms with van der Waals surface area (Å²) < 4.78 is 3.53. The highest BCUT2D eigenvalue weighted by Gasteiger charge is 1.96. The van der Waals surface area contributed by atoms with Crippen LogP contribution in [0.3, 0.4) is 0 Å². The second-order valence-electron chi connectivity index (χ2n) is 2.01. The van der Waals surface area contributed by atoms with E-state index in [4.69, 9.17) is 0 Å². The Kier molecular flexibility index (Phi) is 1.63. The normalized spacial score (nSPS) is 14.0. The molecule has 1 aromatic rings. The zero-order valence-corrected chi connectivity index (χ0v) is 7.45. The Morgan fingerprint density at radius 1 is 1.20 bits per heavy atom. The third-order valence-electron chi connectivity index (χ3n) is 1.34. The van der Waals surface area contributed by atoms with Crippen LogP contribution in [0.15, 0.2) is 29.3 Å². The molecule has 0 fully saturated rings. The molecule has 2 heteroatoms. The fourth-order valence-electron chi connectivity index (χ4n) is 0.868. The van der Waals surface area contributed by atoms with Crippen molar-refractivity contribution in [2.45, 2.75) is 0 Å². The highest BCUT2D eigenvalue weighted by atomic mass is 127. The van der Waals surface area contributed by atoms with Gasteiger partial charge in [-0.1, -0.05) is 38.9 Å². The minimum Gasteiger partial charge on any atom is -0.258 e. The van der Waals surface area contributed by atoms with Gasteiger partial charge in [0.05, 0.1) is 4.14 Å². The molecule has 0 atom stereocenters. The highest BCUT2D eigenvalue weighted by Crippen LogP contribution is 2.17. The van der Waals surface area contributed by atoms with Crippen LogP contribution < -0.4 is 0 Å². The third-order valence-corrected chi connectivity index (χ3v) is 3.60. The molecule has 10 heavy (non-hydrogen) atoms. The molecule has 0 aromatic heterocycles. The van der Waals surface area contributed by atoms with E-state index in [2.05, 4.69) is 29.3 Å². The first-order chi connectivity index (χ1) is 4.97. The van der Waals surface area contributed by atoms with Gasteiger partial charge in [0.2, 0.25) is 0 Å². The molecule has 1 nitrogen and oxygen atoms in total. The lowest BCUT2D eigenvalue weighted by molar-refractivity contribution is 1.60. The molecule has 0 spiro atoms. The molecule has 1 aromatic carbocycles. The van der Waals surface area contributed by atoms with Crippen molar-refractivity contribution < 1.29 is 0 Å². The van der Waals surface area contributed by atoms with Crippen molar-refractivity contribution in [2.24, 2.45) is 4.99 Å². The molecule has 2 rings (SSSR count). The summed E-state index contributed by atoms with van der Waals surface area (Å²) in [5.74, 6) is 0. The Labute approximate surface area is 69.5 Å². The Bertz CT molecular complexity index is 271. The molecule has 0 radical (unpaired) electrons. The van der Waals surface area contributed by atoms with E-state index in [9.17, 15) is 0 Å². The zero-order chi connectivity index (χ0) is 6.81. The highest BCUT2D eigenvalue weighted by molar-refractivity contribution is 14.2. The number of benzene rings is 1. The largest absolute Gasteiger partial charge is 0.258 e. The van der Waals surface area contributed by atoms with Crippen molar-refractivity contribution in [1.82, 2.24) is 0 Å². The number of hydrogen-bond donors (Lipinski definition) is 0. The van der Waals surface area contributed by atoms with Crippen molar-refractivity contribution in [1.29, 1.82) is 0 Å². The first kappa shape index (κ1) is 6.22. The maximum absolute atomic E-state index is 4.12. The lowest BCUT2D eigenvalue weighted by Crippen LogP contribution is -1.89. The standard InChI is InChI=1S/C8H6IN/c1-2-4-8-7(3-1)5-10-6-9-8/h1-6H. The van der Waals surface area contributed by atoms with E-state index in [1.54, 1.807) is 0 Å². The van der Waals surface area contributed by atoms with Crippen LogP contribution in [0.25, 0.3) is 0 Å². The molecule has 0 aliphatic carbocycles. The molecule has 1 aliphatic rings. The van der Waals surface area contributed by atoms with Gasteiger partial charge < -0.3 is 0 Å². The number of fused-ring (bicyclic) bond motifs is 1. The molecule has 1 heterocycles. The Balaban J connectivity index is 2.65. The molecular formula is C8H6IN. The van der Waals surface area contributed by atoms with Crippen LogP contribution >= 0.6 is 20.7 Å². The van der Waals surface area contributed by atoms with Crippen molar-refractivity contribution in [2.75, 3.05) is 0 Å². The van der Waals surface area contributed by atoms with Gasteiger partial charge in [0.1, 0.15) is 0 Å². The summed E-state index contributed by atoms with van der Waals surface area (Å²) in [6.45, 7) is 0. The smallest absolute Gasteiger partial charge is 0.0603 e. The number of rotatable bonds is 0. The van der Waals surface area contributed by atoms with Gasteiger partial charge in [-0.05, 0) is 6.07 Å². The molecule has 50 valence electrons. The fourth-order valence-corrected chi connectivity index (χ4v) is 2.58. The summed E-state index contributed by atoms with van der Waals surface area (Å²) >= 11 is 0.0721. The maximum atomic E-state index is 4.12. The third kappa shape index (κ3) is 1.03. The minimum absolute atomic E-state index is 0.0721. The van der Waals surface area contributed by atoms with Crippen LogP contribution in [-0.4, -0.2) is 10.4 Å². The average Bonchev–Trinajstić information content (AvgIpc) is 2.05. The summed E-state index contributed by atoms with van der Waals surface area (Å²) in [7, 11) is 0. The molecule has 0 saturated carbocycles. The van der Waals surface area contributed by atoms with Crippen LogP contribution in [0.5, 0.6) is 0 Å². The predicted molar refractivity (Wildman–Crippen MR) is 52.8 cm³/mol. The van der Waals surface area contributed by atoms with E-state index < -0.39 is 0 Å². The Morgan fingerprint density at radius 3 is 3.00 bits per heavy atom. The molecule has 1 aliphatic heterocycles. The van der Waals surface area contributed by atoms with Crippen LogP contribution in [0.2, 0.25) is 0 Å². The summed E-state index contributed by atoms with van der Waals surface area (Å²) in [6, 6.07) is 8.45. The summed E-state index contributed by atoms with van der Waals surface area (Å²) in [5, 5.41) is 0. The molecule has 0 saturated heterocycles. The molecule has 0 bridgehead atoms. The zero-order valence-electron chi connectivity index (χ0n) is 5.29. The lowest BCUT2D eigenvalue weighted by atomic mass is 10.2. The van der Waals surface area contributed by atoms with Crippen molar-refractivity contribution in [3.05, 3.63) is 33.4 Å². The average molecular weight is 243 g/mol. The first-order valence-electron chi connectivity index (χ1n) is 3.04. The first-order valence-corrected chi connectivity index (χ1v) is 5.36. The minimum atomic E-state index is 0.0721. The van der Waals surface area contributed by atoms with Gasteiger partial charge in [-0.2, -0.15) is 0 Å². The van der Waals surface area contributed by atoms with Crippen molar-refractivity contribution >= 4 is 31.1 Å². The summed E-state index contributed by atoms with van der Waals surface area (Å²) in [4.78, 5) is 4.12. The molecule has 0 amide bonds. The summed E-state index contributed by atoms with van der Waals surface area (Å²) in [5.41, 5.74) is 1.30. The van der Waals surface area contributed by atoms with Gasteiger partial charge in [0.15, 0.2) is 0 Å². The van der Waals surface area contributed by atoms with Gasteiger partial charge in [-0.3, -0.25) is 4.99 Å². The SMILES string of the molecule is C1=NC=Ic2ccccc21. The topological polar surface area (TPSA) is 12.4 Å². The van der Waals surface area contributed by atoms with Crippen LogP contribution in [-0.2, 0) is 0 Å². The van der Waals surface area contributed by atoms with Gasteiger partial charge in [0, 0.05) is 15.3 Å². The van der Waals surface area contributed by atoms with Gasteiger partial charge in [0.25, 0.3) is 0 Å². The predicted octanol–water partition coefficient (Wildman–Crippen LogP) is 2.02. The fraction of sp³-hybridized carbons (Fsp3) is 0. The monoisotopic (exact) mass is 243 g/mol. The van der Waals surface area contributed by atoms with E-state index in [-0.39, 0.29) is 20.7 Å². The molecule has 0 N–H and O–H groups in total. The van der Waals surface area contributed by atoms with Crippen LogP contribution in [0, 0.1) is 3.57 Å². The van der Waals surface area contributed by atoms with E-state index >= 15 is 0 Å². The number of nitrogens with zero attached hydrogens (tertiary/aromatic N) is 1. The number of hydrogen-bond acceptors (Lipinski definition) is 1. The Morgan fingerprint density at radius 2 is 2.10 bits per heavy atom. The van der Waals surface area contributed by atoms with E-state index in [0.717, 1.165) is 0 Å². The second kappa shape index (κ2) is 2.62. The van der Waals surface area contributed by atoms with E-state index in [1.165, 1.54) is 9.13 Å². The van der Waals surface area contributed by atoms with Crippen molar-refractivity contribution in [3.63, 3.8) is 0 Å². The number of aliphatic imine (C=N–C) groups is 1. The molecular weight excluding hydrogens is 237 g/mol. The second-order valence-corrected chi connectivity index (χ2v) is 4.35. The van der Waals surface area contributed by atoms with Crippen LogP contribution in [0.1, 0.15) is 5.56 Å². The summed E-state index contributed by atoms with van der Waals surface area (Å²) in [6.07, 6.45) is 1.93. The van der Waals surface area contributed by atoms with E-state index in [0.29, 0.717) is 0 Å².